The second kappa shape index (κ2) is 8.71. The third-order valence-corrected chi connectivity index (χ3v) is 6.88. The first kappa shape index (κ1) is 21.2. The van der Waals surface area contributed by atoms with Crippen molar-refractivity contribution in [1.29, 1.82) is 0 Å². The molecule has 33 heavy (non-hydrogen) atoms. The molecule has 6 heteroatoms. The first-order valence-corrected chi connectivity index (χ1v) is 11.9. The second-order valence-electron chi connectivity index (χ2n) is 8.37. The highest BCUT2D eigenvalue weighted by Gasteiger charge is 2.37. The van der Waals surface area contributed by atoms with Crippen molar-refractivity contribution >= 4 is 28.8 Å². The molecule has 0 saturated heterocycles. The van der Waals surface area contributed by atoms with Crippen LogP contribution in [0.4, 0.5) is 5.69 Å². The molecule has 0 aliphatic carbocycles. The predicted molar refractivity (Wildman–Crippen MR) is 132 cm³/mol. The van der Waals surface area contributed by atoms with Gasteiger partial charge in [-0.05, 0) is 55.1 Å². The van der Waals surface area contributed by atoms with Gasteiger partial charge in [0.1, 0.15) is 12.6 Å². The summed E-state index contributed by atoms with van der Waals surface area (Å²) in [6.07, 6.45) is 2.03. The zero-order valence-electron chi connectivity index (χ0n) is 18.6. The van der Waals surface area contributed by atoms with Gasteiger partial charge in [0.05, 0.1) is 21.9 Å². The Balaban J connectivity index is 1.58. The minimum atomic E-state index is -0.283. The van der Waals surface area contributed by atoms with Gasteiger partial charge < -0.3 is 9.47 Å². The van der Waals surface area contributed by atoms with Crippen LogP contribution in [0.3, 0.4) is 0 Å². The molecule has 166 valence electrons. The topological polar surface area (TPSA) is 45.6 Å². The molecule has 1 atom stereocenters. The number of anilines is 1. The molecule has 1 aliphatic heterocycles. The molecule has 0 bridgehead atoms. The van der Waals surface area contributed by atoms with Gasteiger partial charge in [-0.3, -0.25) is 14.5 Å². The molecule has 5 nitrogen and oxygen atoms in total. The first-order chi connectivity index (χ1) is 16.1. The molecular weight excluding hydrogens is 430 g/mol. The summed E-state index contributed by atoms with van der Waals surface area (Å²) in [7, 11) is 0. The Morgan fingerprint density at radius 1 is 0.909 bits per heavy atom. The number of hydrogen-bond donors (Lipinski definition) is 0. The number of aromatic nitrogens is 1. The van der Waals surface area contributed by atoms with E-state index in [-0.39, 0.29) is 30.4 Å². The molecule has 0 saturated carbocycles. The first-order valence-electron chi connectivity index (χ1n) is 11.0. The summed E-state index contributed by atoms with van der Waals surface area (Å²) < 4.78 is 2.15. The monoisotopic (exact) mass is 455 g/mol. The lowest BCUT2D eigenvalue weighted by Gasteiger charge is -2.40. The summed E-state index contributed by atoms with van der Waals surface area (Å²) in [4.78, 5) is 31.3. The number of amides is 2. The summed E-state index contributed by atoms with van der Waals surface area (Å²) in [6.45, 7) is 3.90. The maximum Gasteiger partial charge on any atom is 0.264 e. The fourth-order valence-electron chi connectivity index (χ4n) is 4.47. The van der Waals surface area contributed by atoms with Gasteiger partial charge in [-0.2, -0.15) is 0 Å². The molecule has 1 unspecified atom stereocenters. The molecule has 4 aromatic rings. The van der Waals surface area contributed by atoms with E-state index >= 15 is 0 Å². The molecule has 2 aromatic carbocycles. The van der Waals surface area contributed by atoms with Crippen LogP contribution < -0.4 is 4.90 Å². The molecule has 5 rings (SSSR count). The van der Waals surface area contributed by atoms with E-state index in [1.807, 2.05) is 103 Å². The molecule has 0 N–H and O–H groups in total. The van der Waals surface area contributed by atoms with E-state index < -0.39 is 0 Å². The van der Waals surface area contributed by atoms with Crippen LogP contribution in [0.2, 0.25) is 0 Å². The van der Waals surface area contributed by atoms with Crippen LogP contribution in [0.5, 0.6) is 0 Å². The van der Waals surface area contributed by atoms with Gasteiger partial charge in [0.25, 0.3) is 5.91 Å². The van der Waals surface area contributed by atoms with Crippen LogP contribution in [0.15, 0.2) is 90.4 Å². The third-order valence-electron chi connectivity index (χ3n) is 6.03. The molecular formula is C27H25N3O2S. The van der Waals surface area contributed by atoms with Crippen LogP contribution in [0.1, 0.15) is 40.8 Å². The van der Waals surface area contributed by atoms with Crippen LogP contribution in [0.25, 0.3) is 5.69 Å². The van der Waals surface area contributed by atoms with Crippen LogP contribution in [-0.4, -0.2) is 33.9 Å². The van der Waals surface area contributed by atoms with Crippen LogP contribution >= 0.6 is 11.3 Å². The molecule has 2 amide bonds. The lowest BCUT2D eigenvalue weighted by molar-refractivity contribution is -0.120. The van der Waals surface area contributed by atoms with E-state index in [0.717, 1.165) is 22.6 Å². The minimum Gasteiger partial charge on any atom is -0.326 e. The molecule has 0 radical (unpaired) electrons. The zero-order valence-corrected chi connectivity index (χ0v) is 19.4. The Morgan fingerprint density at radius 2 is 1.64 bits per heavy atom. The number of nitrogens with zero attached hydrogens (tertiary/aromatic N) is 3. The number of para-hydroxylation sites is 2. The highest BCUT2D eigenvalue weighted by Crippen LogP contribution is 2.42. The maximum absolute atomic E-state index is 14.0. The number of rotatable bonds is 5. The zero-order chi connectivity index (χ0) is 22.9. The Hall–Kier alpha value is -3.64. The molecule has 2 aromatic heterocycles. The SMILES string of the molecule is CC(C)N(CC(=O)N1c2ccccc2-n2cccc2C1c1ccccc1)C(=O)c1cccs1. The number of fused-ring (bicyclic) bond motifs is 3. The fraction of sp³-hybridized carbons (Fsp3) is 0.185. The summed E-state index contributed by atoms with van der Waals surface area (Å²) in [5.41, 5.74) is 3.85. The second-order valence-corrected chi connectivity index (χ2v) is 9.32. The van der Waals surface area contributed by atoms with Crippen molar-refractivity contribution < 1.29 is 9.59 Å². The third kappa shape index (κ3) is 3.76. The van der Waals surface area contributed by atoms with Gasteiger partial charge in [-0.1, -0.05) is 48.5 Å². The number of hydrogen-bond acceptors (Lipinski definition) is 3. The minimum absolute atomic E-state index is 0.00672. The lowest BCUT2D eigenvalue weighted by Crippen LogP contribution is -2.48. The summed E-state index contributed by atoms with van der Waals surface area (Å²) in [6, 6.07) is 25.3. The molecule has 0 spiro atoms. The number of carbonyl (C=O) groups is 2. The van der Waals surface area contributed by atoms with E-state index in [0.29, 0.717) is 4.88 Å². The average Bonchev–Trinajstić information content (AvgIpc) is 3.54. The lowest BCUT2D eigenvalue weighted by atomic mass is 9.97. The van der Waals surface area contributed by atoms with Crippen molar-refractivity contribution in [2.45, 2.75) is 25.9 Å². The molecule has 0 fully saturated rings. The Kier molecular flexibility index (Phi) is 5.60. The number of thiophene rings is 1. The van der Waals surface area contributed by atoms with Gasteiger partial charge in [-0.15, -0.1) is 11.3 Å². The predicted octanol–water partition coefficient (Wildman–Crippen LogP) is 5.53. The largest absolute Gasteiger partial charge is 0.326 e. The van der Waals surface area contributed by atoms with Crippen molar-refractivity contribution in [2.24, 2.45) is 0 Å². The van der Waals surface area contributed by atoms with Gasteiger partial charge >= 0.3 is 0 Å². The van der Waals surface area contributed by atoms with Crippen LogP contribution in [-0.2, 0) is 4.79 Å². The standard InChI is InChI=1S/C27H25N3O2S/c1-19(2)29(27(32)24-15-9-17-33-24)18-25(31)30-22-13-7-6-12-21(22)28-16-8-14-23(28)26(30)20-10-4-3-5-11-20/h3-17,19,26H,18H2,1-2H3. The van der Waals surface area contributed by atoms with E-state index in [1.165, 1.54) is 11.3 Å². The summed E-state index contributed by atoms with van der Waals surface area (Å²) in [5, 5.41) is 1.88. The Labute approximate surface area is 197 Å². The van der Waals surface area contributed by atoms with Crippen molar-refractivity contribution in [3.63, 3.8) is 0 Å². The average molecular weight is 456 g/mol. The van der Waals surface area contributed by atoms with Crippen molar-refractivity contribution in [3.8, 4) is 5.69 Å². The quantitative estimate of drug-likeness (QED) is 0.397. The van der Waals surface area contributed by atoms with Crippen molar-refractivity contribution in [3.05, 3.63) is 107 Å². The van der Waals surface area contributed by atoms with Gasteiger partial charge in [0, 0.05) is 12.2 Å². The highest BCUT2D eigenvalue weighted by molar-refractivity contribution is 7.12. The Bertz CT molecular complexity index is 1280. The van der Waals surface area contributed by atoms with E-state index in [4.69, 9.17) is 0 Å². The Morgan fingerprint density at radius 3 is 2.33 bits per heavy atom. The van der Waals surface area contributed by atoms with Crippen molar-refractivity contribution in [2.75, 3.05) is 11.4 Å². The van der Waals surface area contributed by atoms with E-state index in [1.54, 1.807) is 4.90 Å². The fourth-order valence-corrected chi connectivity index (χ4v) is 5.14. The van der Waals surface area contributed by atoms with Gasteiger partial charge in [-0.25, -0.2) is 0 Å². The molecule has 3 heterocycles. The normalized spacial score (nSPS) is 14.6. The van der Waals surface area contributed by atoms with Crippen molar-refractivity contribution in [1.82, 2.24) is 9.47 Å². The maximum atomic E-state index is 14.0. The smallest absolute Gasteiger partial charge is 0.264 e. The van der Waals surface area contributed by atoms with Gasteiger partial charge in [0.2, 0.25) is 5.91 Å². The van der Waals surface area contributed by atoms with Gasteiger partial charge in [0.15, 0.2) is 0 Å². The van der Waals surface area contributed by atoms with E-state index in [9.17, 15) is 9.59 Å². The number of benzene rings is 2. The highest BCUT2D eigenvalue weighted by atomic mass is 32.1. The summed E-state index contributed by atoms with van der Waals surface area (Å²) in [5.74, 6) is -0.222. The summed E-state index contributed by atoms with van der Waals surface area (Å²) >= 11 is 1.40. The molecule has 1 aliphatic rings. The van der Waals surface area contributed by atoms with Crippen LogP contribution in [0, 0.1) is 0 Å². The van der Waals surface area contributed by atoms with E-state index in [2.05, 4.69) is 10.6 Å². The number of carbonyl (C=O) groups excluding carboxylic acids is 2.